The van der Waals surface area contributed by atoms with E-state index in [4.69, 9.17) is 0 Å². The lowest BCUT2D eigenvalue weighted by atomic mass is 10.1. The van der Waals surface area contributed by atoms with E-state index in [1.54, 1.807) is 32.3 Å². The Morgan fingerprint density at radius 1 is 1.13 bits per heavy atom. The zero-order valence-corrected chi connectivity index (χ0v) is 10.0. The van der Waals surface area contributed by atoms with Gasteiger partial charge in [-0.25, -0.2) is 0 Å². The molecule has 0 aromatic heterocycles. The molecular formula is C10H11BrN2O2. The number of nitrogens with one attached hydrogen (secondary N) is 2. The van der Waals surface area contributed by atoms with Crippen molar-refractivity contribution in [3.8, 4) is 0 Å². The Morgan fingerprint density at radius 2 is 1.73 bits per heavy atom. The molecule has 0 spiro atoms. The smallest absolute Gasteiger partial charge is 0.252 e. The van der Waals surface area contributed by atoms with Crippen molar-refractivity contribution < 1.29 is 9.59 Å². The van der Waals surface area contributed by atoms with Gasteiger partial charge in [0.1, 0.15) is 0 Å². The van der Waals surface area contributed by atoms with Gasteiger partial charge in [0, 0.05) is 24.1 Å². The molecule has 0 aliphatic carbocycles. The van der Waals surface area contributed by atoms with Gasteiger partial charge in [0.15, 0.2) is 0 Å². The van der Waals surface area contributed by atoms with Crippen LogP contribution in [0.4, 0.5) is 0 Å². The Labute approximate surface area is 96.2 Å². The number of hydrogen-bond donors (Lipinski definition) is 2. The van der Waals surface area contributed by atoms with E-state index in [2.05, 4.69) is 26.6 Å². The van der Waals surface area contributed by atoms with Gasteiger partial charge in [0.05, 0.1) is 5.56 Å². The molecule has 0 aliphatic rings. The fourth-order valence-corrected chi connectivity index (χ4v) is 1.68. The average Bonchev–Trinajstić information content (AvgIpc) is 2.26. The molecule has 0 radical (unpaired) electrons. The molecule has 4 nitrogen and oxygen atoms in total. The third-order valence-corrected chi connectivity index (χ3v) is 2.59. The molecule has 1 aromatic carbocycles. The highest BCUT2D eigenvalue weighted by molar-refractivity contribution is 9.10. The van der Waals surface area contributed by atoms with Crippen LogP contribution >= 0.6 is 15.9 Å². The largest absolute Gasteiger partial charge is 0.355 e. The lowest BCUT2D eigenvalue weighted by molar-refractivity contribution is 0.0950. The van der Waals surface area contributed by atoms with Crippen LogP contribution in [-0.4, -0.2) is 25.9 Å². The predicted octanol–water partition coefficient (Wildman–Crippen LogP) is 1.17. The van der Waals surface area contributed by atoms with E-state index in [0.29, 0.717) is 15.6 Å². The molecule has 15 heavy (non-hydrogen) atoms. The minimum Gasteiger partial charge on any atom is -0.355 e. The van der Waals surface area contributed by atoms with Crippen LogP contribution in [0.1, 0.15) is 20.7 Å². The van der Waals surface area contributed by atoms with Crippen molar-refractivity contribution in [3.05, 3.63) is 33.8 Å². The fourth-order valence-electron chi connectivity index (χ4n) is 1.12. The zero-order valence-electron chi connectivity index (χ0n) is 8.43. The van der Waals surface area contributed by atoms with Crippen molar-refractivity contribution in [2.75, 3.05) is 14.1 Å². The molecule has 80 valence electrons. The summed E-state index contributed by atoms with van der Waals surface area (Å²) in [5, 5.41) is 5.03. The van der Waals surface area contributed by atoms with Crippen LogP contribution in [-0.2, 0) is 0 Å². The number of benzene rings is 1. The summed E-state index contributed by atoms with van der Waals surface area (Å²) in [7, 11) is 3.12. The van der Waals surface area contributed by atoms with Crippen LogP contribution in [0.3, 0.4) is 0 Å². The summed E-state index contributed by atoms with van der Waals surface area (Å²) >= 11 is 3.25. The summed E-state index contributed by atoms with van der Waals surface area (Å²) in [4.78, 5) is 22.6. The van der Waals surface area contributed by atoms with Gasteiger partial charge in [-0.3, -0.25) is 9.59 Å². The summed E-state index contributed by atoms with van der Waals surface area (Å²) < 4.78 is 0.600. The molecule has 0 fully saturated rings. The van der Waals surface area contributed by atoms with Crippen LogP contribution in [0.5, 0.6) is 0 Å². The third-order valence-electron chi connectivity index (χ3n) is 1.93. The number of hydrogen-bond acceptors (Lipinski definition) is 2. The van der Waals surface area contributed by atoms with E-state index in [0.717, 1.165) is 0 Å². The van der Waals surface area contributed by atoms with Crippen LogP contribution in [0, 0.1) is 0 Å². The van der Waals surface area contributed by atoms with Crippen molar-refractivity contribution >= 4 is 27.7 Å². The number of halogens is 1. The quantitative estimate of drug-likeness (QED) is 0.848. The molecule has 0 unspecified atom stereocenters. The highest BCUT2D eigenvalue weighted by Crippen LogP contribution is 2.18. The Hall–Kier alpha value is -1.36. The van der Waals surface area contributed by atoms with Crippen LogP contribution in [0.2, 0.25) is 0 Å². The average molecular weight is 271 g/mol. The molecule has 1 rings (SSSR count). The maximum Gasteiger partial charge on any atom is 0.252 e. The molecule has 0 saturated heterocycles. The minimum absolute atomic E-state index is 0.181. The predicted molar refractivity (Wildman–Crippen MR) is 60.9 cm³/mol. The van der Waals surface area contributed by atoms with Crippen LogP contribution in [0.15, 0.2) is 22.7 Å². The Morgan fingerprint density at radius 3 is 2.20 bits per heavy atom. The second-order valence-corrected chi connectivity index (χ2v) is 3.71. The van der Waals surface area contributed by atoms with E-state index in [1.807, 2.05) is 0 Å². The fraction of sp³-hybridized carbons (Fsp3) is 0.200. The Bertz CT molecular complexity index is 404. The zero-order chi connectivity index (χ0) is 11.4. The van der Waals surface area contributed by atoms with Crippen molar-refractivity contribution in [2.45, 2.75) is 0 Å². The van der Waals surface area contributed by atoms with Gasteiger partial charge in [0.2, 0.25) is 0 Å². The van der Waals surface area contributed by atoms with Crippen molar-refractivity contribution in [2.24, 2.45) is 0 Å². The molecule has 0 heterocycles. The van der Waals surface area contributed by atoms with Crippen LogP contribution in [0.25, 0.3) is 0 Å². The molecule has 0 aliphatic heterocycles. The van der Waals surface area contributed by atoms with Gasteiger partial charge >= 0.3 is 0 Å². The summed E-state index contributed by atoms with van der Waals surface area (Å²) in [5.74, 6) is -0.371. The number of rotatable bonds is 2. The van der Waals surface area contributed by atoms with Gasteiger partial charge < -0.3 is 10.6 Å². The number of carbonyl (C=O) groups is 2. The van der Waals surface area contributed by atoms with Gasteiger partial charge in [-0.1, -0.05) is 0 Å². The van der Waals surface area contributed by atoms with E-state index in [-0.39, 0.29) is 11.8 Å². The summed E-state index contributed by atoms with van der Waals surface area (Å²) in [6.07, 6.45) is 0. The lowest BCUT2D eigenvalue weighted by Gasteiger charge is -2.05. The third kappa shape index (κ3) is 2.56. The Kier molecular flexibility index (Phi) is 3.85. The first kappa shape index (κ1) is 11.7. The van der Waals surface area contributed by atoms with Gasteiger partial charge in [-0.05, 0) is 34.1 Å². The molecule has 2 N–H and O–H groups in total. The van der Waals surface area contributed by atoms with Crippen molar-refractivity contribution in [1.29, 1.82) is 0 Å². The Balaban J connectivity index is 3.08. The molecule has 2 amide bonds. The normalized spacial score (nSPS) is 9.53. The number of amides is 2. The molecule has 0 atom stereocenters. The van der Waals surface area contributed by atoms with Crippen molar-refractivity contribution in [3.63, 3.8) is 0 Å². The van der Waals surface area contributed by atoms with Crippen molar-refractivity contribution in [1.82, 2.24) is 10.6 Å². The van der Waals surface area contributed by atoms with Gasteiger partial charge in [-0.15, -0.1) is 0 Å². The topological polar surface area (TPSA) is 58.2 Å². The first-order valence-electron chi connectivity index (χ1n) is 4.34. The monoisotopic (exact) mass is 270 g/mol. The SMILES string of the molecule is CNC(=O)c1ccc(C(=O)NC)c(Br)c1. The first-order chi connectivity index (χ1) is 7.10. The molecular weight excluding hydrogens is 260 g/mol. The summed E-state index contributed by atoms with van der Waals surface area (Å²) in [6.45, 7) is 0. The van der Waals surface area contributed by atoms with Gasteiger partial charge in [0.25, 0.3) is 11.8 Å². The molecule has 0 saturated carbocycles. The maximum atomic E-state index is 11.3. The van der Waals surface area contributed by atoms with Gasteiger partial charge in [-0.2, -0.15) is 0 Å². The molecule has 1 aromatic rings. The van der Waals surface area contributed by atoms with E-state index >= 15 is 0 Å². The summed E-state index contributed by atoms with van der Waals surface area (Å²) in [6, 6.07) is 4.82. The van der Waals surface area contributed by atoms with E-state index in [1.165, 1.54) is 0 Å². The first-order valence-corrected chi connectivity index (χ1v) is 5.13. The number of carbonyl (C=O) groups excluding carboxylic acids is 2. The standard InChI is InChI=1S/C10H11BrN2O2/c1-12-9(14)6-3-4-7(8(11)5-6)10(15)13-2/h3-5H,1-2H3,(H,12,14)(H,13,15). The highest BCUT2D eigenvalue weighted by atomic mass is 79.9. The maximum absolute atomic E-state index is 11.3. The highest BCUT2D eigenvalue weighted by Gasteiger charge is 2.11. The summed E-state index contributed by atoms with van der Waals surface area (Å²) in [5.41, 5.74) is 1.02. The molecule has 5 heteroatoms. The minimum atomic E-state index is -0.190. The van der Waals surface area contributed by atoms with E-state index in [9.17, 15) is 9.59 Å². The lowest BCUT2D eigenvalue weighted by Crippen LogP contribution is -2.20. The van der Waals surface area contributed by atoms with E-state index < -0.39 is 0 Å². The molecule has 0 bridgehead atoms. The van der Waals surface area contributed by atoms with Crippen LogP contribution < -0.4 is 10.6 Å². The second kappa shape index (κ2) is 4.93. The second-order valence-electron chi connectivity index (χ2n) is 2.85.